The van der Waals surface area contributed by atoms with E-state index >= 15 is 0 Å². The van der Waals surface area contributed by atoms with Crippen LogP contribution >= 0.6 is 0 Å². The Morgan fingerprint density at radius 2 is 1.52 bits per heavy atom. The van der Waals surface area contributed by atoms with E-state index in [1.165, 1.54) is 11.3 Å². The molecule has 2 aromatic carbocycles. The highest BCUT2D eigenvalue weighted by Crippen LogP contribution is 2.16. The molecule has 0 saturated heterocycles. The summed E-state index contributed by atoms with van der Waals surface area (Å²) in [5, 5.41) is 10.2. The molecule has 0 aliphatic rings. The average Bonchev–Trinajstić information content (AvgIpc) is 2.48. The summed E-state index contributed by atoms with van der Waals surface area (Å²) < 4.78 is 0. The van der Waals surface area contributed by atoms with E-state index in [0.29, 0.717) is 6.54 Å². The highest BCUT2D eigenvalue weighted by Gasteiger charge is 2.10. The molecule has 0 unspecified atom stereocenters. The minimum absolute atomic E-state index is 0.447. The third-order valence-corrected chi connectivity index (χ3v) is 3.57. The van der Waals surface area contributed by atoms with E-state index in [1.807, 2.05) is 51.5 Å². The van der Waals surface area contributed by atoms with E-state index in [4.69, 9.17) is 0 Å². The highest BCUT2D eigenvalue weighted by molar-refractivity contribution is 5.45. The van der Waals surface area contributed by atoms with E-state index in [2.05, 4.69) is 34.1 Å². The summed E-state index contributed by atoms with van der Waals surface area (Å²) in [7, 11) is 6.11. The van der Waals surface area contributed by atoms with E-state index in [-0.39, 0.29) is 0 Å². The molecule has 1 atom stereocenters. The third kappa shape index (κ3) is 4.59. The lowest BCUT2D eigenvalue weighted by atomic mass is 10.1. The van der Waals surface area contributed by atoms with Crippen molar-refractivity contribution in [2.24, 2.45) is 0 Å². The molecule has 0 spiro atoms. The number of anilines is 1. The van der Waals surface area contributed by atoms with Gasteiger partial charge in [-0.25, -0.2) is 0 Å². The molecular formula is C18H24N2O. The normalized spacial score (nSPS) is 12.4. The molecular weight excluding hydrogens is 260 g/mol. The zero-order chi connectivity index (χ0) is 15.2. The standard InChI is InChI=1S/C18H24N2O/c1-19(2)17-11-9-15(10-12-17)13-20(3)14-18(21)16-7-5-4-6-8-16/h4-12,18,21H,13-14H2,1-3H3/t18-/m0/s1. The van der Waals surface area contributed by atoms with E-state index in [9.17, 15) is 5.11 Å². The zero-order valence-electron chi connectivity index (χ0n) is 13.0. The van der Waals surface area contributed by atoms with Crippen LogP contribution in [-0.4, -0.2) is 37.7 Å². The summed E-state index contributed by atoms with van der Waals surface area (Å²) in [6.45, 7) is 1.46. The summed E-state index contributed by atoms with van der Waals surface area (Å²) in [6.07, 6.45) is -0.447. The van der Waals surface area contributed by atoms with Gasteiger partial charge in [0.25, 0.3) is 0 Å². The smallest absolute Gasteiger partial charge is 0.0916 e. The maximum atomic E-state index is 10.2. The van der Waals surface area contributed by atoms with Gasteiger partial charge in [-0.05, 0) is 30.3 Å². The summed E-state index contributed by atoms with van der Waals surface area (Å²) in [6, 6.07) is 18.3. The maximum absolute atomic E-state index is 10.2. The van der Waals surface area contributed by atoms with Gasteiger partial charge in [-0.2, -0.15) is 0 Å². The van der Waals surface area contributed by atoms with Crippen LogP contribution in [0.1, 0.15) is 17.2 Å². The minimum Gasteiger partial charge on any atom is -0.387 e. The third-order valence-electron chi connectivity index (χ3n) is 3.57. The molecule has 1 N–H and O–H groups in total. The summed E-state index contributed by atoms with van der Waals surface area (Å²) in [5.41, 5.74) is 3.42. The first-order valence-corrected chi connectivity index (χ1v) is 7.24. The molecule has 2 aromatic rings. The number of likely N-dealkylation sites (N-methyl/N-ethyl adjacent to an activating group) is 1. The molecule has 0 saturated carbocycles. The lowest BCUT2D eigenvalue weighted by Crippen LogP contribution is -2.24. The van der Waals surface area contributed by atoms with Gasteiger partial charge in [0.05, 0.1) is 6.10 Å². The maximum Gasteiger partial charge on any atom is 0.0916 e. The lowest BCUT2D eigenvalue weighted by molar-refractivity contribution is 0.124. The number of aliphatic hydroxyl groups excluding tert-OH is 1. The SMILES string of the molecule is CN(Cc1ccc(N(C)C)cc1)C[C@H](O)c1ccccc1. The predicted molar refractivity (Wildman–Crippen MR) is 88.5 cm³/mol. The second kappa shape index (κ2) is 7.25. The van der Waals surface area contributed by atoms with E-state index < -0.39 is 6.10 Å². The van der Waals surface area contributed by atoms with Crippen molar-refractivity contribution >= 4 is 5.69 Å². The minimum atomic E-state index is -0.447. The van der Waals surface area contributed by atoms with Crippen molar-refractivity contribution in [3.05, 3.63) is 65.7 Å². The van der Waals surface area contributed by atoms with Crippen LogP contribution in [0.4, 0.5) is 5.69 Å². The Kier molecular flexibility index (Phi) is 5.37. The van der Waals surface area contributed by atoms with Gasteiger partial charge in [0, 0.05) is 32.9 Å². The van der Waals surface area contributed by atoms with Crippen molar-refractivity contribution in [3.63, 3.8) is 0 Å². The highest BCUT2D eigenvalue weighted by atomic mass is 16.3. The molecule has 0 aliphatic heterocycles. The molecule has 0 radical (unpaired) electrons. The van der Waals surface area contributed by atoms with Crippen molar-refractivity contribution in [1.82, 2.24) is 4.90 Å². The molecule has 21 heavy (non-hydrogen) atoms. The van der Waals surface area contributed by atoms with Crippen molar-refractivity contribution in [3.8, 4) is 0 Å². The Labute approximate surface area is 127 Å². The molecule has 0 heterocycles. The molecule has 112 valence electrons. The van der Waals surface area contributed by atoms with Crippen LogP contribution in [0.3, 0.4) is 0 Å². The zero-order valence-corrected chi connectivity index (χ0v) is 13.0. The first-order chi connectivity index (χ1) is 10.1. The Morgan fingerprint density at radius 1 is 0.905 bits per heavy atom. The number of aliphatic hydroxyl groups is 1. The molecule has 3 heteroatoms. The van der Waals surface area contributed by atoms with Crippen LogP contribution in [-0.2, 0) is 6.54 Å². The number of hydrogen-bond donors (Lipinski definition) is 1. The Bertz CT molecular complexity index is 537. The first-order valence-electron chi connectivity index (χ1n) is 7.24. The van der Waals surface area contributed by atoms with Crippen LogP contribution in [0.25, 0.3) is 0 Å². The lowest BCUT2D eigenvalue weighted by Gasteiger charge is -2.21. The van der Waals surface area contributed by atoms with Gasteiger partial charge in [-0.3, -0.25) is 4.90 Å². The fourth-order valence-corrected chi connectivity index (χ4v) is 2.35. The Hall–Kier alpha value is -1.84. The van der Waals surface area contributed by atoms with Gasteiger partial charge < -0.3 is 10.0 Å². The summed E-state index contributed by atoms with van der Waals surface area (Å²) in [5.74, 6) is 0. The van der Waals surface area contributed by atoms with Crippen LogP contribution < -0.4 is 4.90 Å². The van der Waals surface area contributed by atoms with Gasteiger partial charge in [-0.15, -0.1) is 0 Å². The second-order valence-corrected chi connectivity index (χ2v) is 5.68. The molecule has 0 aromatic heterocycles. The number of hydrogen-bond acceptors (Lipinski definition) is 3. The molecule has 0 fully saturated rings. The Balaban J connectivity index is 1.91. The van der Waals surface area contributed by atoms with Crippen LogP contribution in [0.15, 0.2) is 54.6 Å². The second-order valence-electron chi connectivity index (χ2n) is 5.68. The van der Waals surface area contributed by atoms with E-state index in [1.54, 1.807) is 0 Å². The van der Waals surface area contributed by atoms with Crippen molar-refractivity contribution in [2.45, 2.75) is 12.6 Å². The molecule has 0 amide bonds. The fraction of sp³-hybridized carbons (Fsp3) is 0.333. The molecule has 2 rings (SSSR count). The van der Waals surface area contributed by atoms with Gasteiger partial charge in [0.2, 0.25) is 0 Å². The van der Waals surface area contributed by atoms with Crippen LogP contribution in [0.5, 0.6) is 0 Å². The monoisotopic (exact) mass is 284 g/mol. The number of rotatable bonds is 6. The van der Waals surface area contributed by atoms with Crippen LogP contribution in [0, 0.1) is 0 Å². The molecule has 3 nitrogen and oxygen atoms in total. The largest absolute Gasteiger partial charge is 0.387 e. The summed E-state index contributed by atoms with van der Waals surface area (Å²) in [4.78, 5) is 4.23. The quantitative estimate of drug-likeness (QED) is 0.883. The van der Waals surface area contributed by atoms with Gasteiger partial charge in [0.1, 0.15) is 0 Å². The van der Waals surface area contributed by atoms with Crippen molar-refractivity contribution in [2.75, 3.05) is 32.6 Å². The summed E-state index contributed by atoms with van der Waals surface area (Å²) >= 11 is 0. The van der Waals surface area contributed by atoms with Gasteiger partial charge in [-0.1, -0.05) is 42.5 Å². The molecule has 0 aliphatic carbocycles. The fourth-order valence-electron chi connectivity index (χ4n) is 2.35. The van der Waals surface area contributed by atoms with Crippen molar-refractivity contribution in [1.29, 1.82) is 0 Å². The first kappa shape index (κ1) is 15.5. The molecule has 0 bridgehead atoms. The topological polar surface area (TPSA) is 26.7 Å². The average molecular weight is 284 g/mol. The number of nitrogens with zero attached hydrogens (tertiary/aromatic N) is 2. The Morgan fingerprint density at radius 3 is 2.10 bits per heavy atom. The van der Waals surface area contributed by atoms with Crippen molar-refractivity contribution < 1.29 is 5.11 Å². The number of benzene rings is 2. The predicted octanol–water partition coefficient (Wildman–Crippen LogP) is 2.92. The van der Waals surface area contributed by atoms with Gasteiger partial charge in [0.15, 0.2) is 0 Å². The van der Waals surface area contributed by atoms with E-state index in [0.717, 1.165) is 12.1 Å². The van der Waals surface area contributed by atoms with Crippen LogP contribution in [0.2, 0.25) is 0 Å². The van der Waals surface area contributed by atoms with Gasteiger partial charge >= 0.3 is 0 Å².